The number of Topliss-reactive ketones (excluding diaryl/α,β-unsaturated/α-hetero) is 1. The highest BCUT2D eigenvalue weighted by Gasteiger charge is 2.28. The fraction of sp³-hybridized carbons (Fsp3) is 0.308. The number of hydrogen-bond donors (Lipinski definition) is 2. The van der Waals surface area contributed by atoms with E-state index in [-0.39, 0.29) is 18.8 Å². The number of rotatable bonds is 12. The topological polar surface area (TPSA) is 116 Å². The number of ether oxygens (including phenoxy) is 1. The van der Waals surface area contributed by atoms with Crippen molar-refractivity contribution >= 4 is 25.7 Å². The molecule has 2 amide bonds. The second kappa shape index (κ2) is 11.7. The predicted octanol–water partition coefficient (Wildman–Crippen LogP) is 3.26. The highest BCUT2D eigenvalue weighted by molar-refractivity contribution is 6.76. The molecule has 9 heteroatoms. The van der Waals surface area contributed by atoms with Crippen molar-refractivity contribution in [3.63, 3.8) is 0 Å². The van der Waals surface area contributed by atoms with Gasteiger partial charge >= 0.3 is 0 Å². The summed E-state index contributed by atoms with van der Waals surface area (Å²) in [4.78, 5) is 37.5. The summed E-state index contributed by atoms with van der Waals surface area (Å²) in [5.74, 6) is -2.53. The first kappa shape index (κ1) is 26.0. The van der Waals surface area contributed by atoms with Crippen LogP contribution in [0.5, 0.6) is 0 Å². The van der Waals surface area contributed by atoms with Gasteiger partial charge in [0.2, 0.25) is 5.78 Å². The third-order valence-corrected chi connectivity index (χ3v) is 7.13. The van der Waals surface area contributed by atoms with Gasteiger partial charge in [-0.25, -0.2) is 4.68 Å². The normalized spacial score (nSPS) is 12.2. The third-order valence-electron chi connectivity index (χ3n) is 5.43. The molecule has 1 heterocycles. The van der Waals surface area contributed by atoms with E-state index in [9.17, 15) is 14.4 Å². The minimum atomic E-state index is -1.23. The van der Waals surface area contributed by atoms with E-state index in [0.29, 0.717) is 12.2 Å². The Morgan fingerprint density at radius 3 is 2.26 bits per heavy atom. The van der Waals surface area contributed by atoms with E-state index in [4.69, 9.17) is 10.5 Å². The number of primary amides is 1. The molecule has 0 saturated heterocycles. The van der Waals surface area contributed by atoms with Gasteiger partial charge in [-0.1, -0.05) is 80.3 Å². The van der Waals surface area contributed by atoms with Crippen LogP contribution in [0.25, 0.3) is 11.1 Å². The summed E-state index contributed by atoms with van der Waals surface area (Å²) in [7, 11) is -1.23. The Labute approximate surface area is 206 Å². The summed E-state index contributed by atoms with van der Waals surface area (Å²) in [6.45, 7) is 7.65. The number of amides is 2. The third kappa shape index (κ3) is 7.73. The van der Waals surface area contributed by atoms with Gasteiger partial charge in [0.05, 0.1) is 0 Å². The number of carbonyl (C=O) groups excluding carboxylic acids is 3. The fourth-order valence-electron chi connectivity index (χ4n) is 3.48. The first-order valence-corrected chi connectivity index (χ1v) is 15.2. The zero-order valence-electron chi connectivity index (χ0n) is 20.4. The van der Waals surface area contributed by atoms with Crippen molar-refractivity contribution in [2.75, 3.05) is 6.61 Å². The average molecular weight is 493 g/mol. The number of aromatic nitrogens is 2. The predicted molar refractivity (Wildman–Crippen MR) is 137 cm³/mol. The second-order valence-corrected chi connectivity index (χ2v) is 15.2. The molecule has 2 aromatic carbocycles. The largest absolute Gasteiger partial charge is 0.363 e. The van der Waals surface area contributed by atoms with Crippen LogP contribution >= 0.6 is 0 Å². The summed E-state index contributed by atoms with van der Waals surface area (Å²) in [6.07, 6.45) is 1.89. The minimum absolute atomic E-state index is 0.134. The monoisotopic (exact) mass is 492 g/mol. The van der Waals surface area contributed by atoms with Crippen molar-refractivity contribution in [1.29, 1.82) is 0 Å². The van der Waals surface area contributed by atoms with E-state index in [1.807, 2.05) is 60.7 Å². The van der Waals surface area contributed by atoms with Gasteiger partial charge in [-0.15, -0.1) is 0 Å². The van der Waals surface area contributed by atoms with Crippen LogP contribution in [0, 0.1) is 0 Å². The number of hydrogen-bond acceptors (Lipinski definition) is 5. The molecule has 0 spiro atoms. The molecular weight excluding hydrogens is 460 g/mol. The van der Waals surface area contributed by atoms with E-state index in [0.717, 1.165) is 17.2 Å². The van der Waals surface area contributed by atoms with E-state index < -0.39 is 31.7 Å². The standard InChI is InChI=1S/C26H32N4O4Si/c1-35(2,3)15-14-34-18-30-17-21(20-12-8-5-9-13-20)23(29-30)26(33)28-22(24(31)25(27)32)16-19-10-6-4-7-11-19/h4-13,17,22H,14-16,18H2,1-3H3,(H2,27,32)(H,28,33)/t22-/m0/s1. The maximum atomic E-state index is 13.3. The lowest BCUT2D eigenvalue weighted by Crippen LogP contribution is -2.47. The van der Waals surface area contributed by atoms with Crippen molar-refractivity contribution in [3.05, 3.63) is 78.1 Å². The molecule has 0 radical (unpaired) electrons. The number of nitrogens with two attached hydrogens (primary N) is 1. The van der Waals surface area contributed by atoms with Crippen LogP contribution in [0.15, 0.2) is 66.9 Å². The lowest BCUT2D eigenvalue weighted by Gasteiger charge is -2.16. The molecule has 0 aliphatic heterocycles. The van der Waals surface area contributed by atoms with Gasteiger partial charge in [-0.2, -0.15) is 5.10 Å². The molecule has 0 saturated carbocycles. The Balaban J connectivity index is 1.84. The summed E-state index contributed by atoms with van der Waals surface area (Å²) in [5, 5.41) is 7.12. The highest BCUT2D eigenvalue weighted by Crippen LogP contribution is 2.23. The molecule has 0 unspecified atom stereocenters. The molecule has 0 aliphatic rings. The molecule has 35 heavy (non-hydrogen) atoms. The summed E-state index contributed by atoms with van der Waals surface area (Å²) in [6, 6.07) is 18.4. The van der Waals surface area contributed by atoms with Crippen molar-refractivity contribution in [1.82, 2.24) is 15.1 Å². The van der Waals surface area contributed by atoms with Crippen molar-refractivity contribution in [3.8, 4) is 11.1 Å². The number of ketones is 1. The van der Waals surface area contributed by atoms with Gasteiger partial charge in [0.25, 0.3) is 11.8 Å². The van der Waals surface area contributed by atoms with Gasteiger partial charge in [0.1, 0.15) is 12.8 Å². The average Bonchev–Trinajstić information content (AvgIpc) is 3.26. The van der Waals surface area contributed by atoms with E-state index in [2.05, 4.69) is 30.1 Å². The Morgan fingerprint density at radius 1 is 1.03 bits per heavy atom. The van der Waals surface area contributed by atoms with Crippen molar-refractivity contribution in [2.45, 2.75) is 44.9 Å². The number of carbonyl (C=O) groups is 3. The smallest absolute Gasteiger partial charge is 0.287 e. The van der Waals surface area contributed by atoms with E-state index in [1.165, 1.54) is 0 Å². The van der Waals surface area contributed by atoms with Crippen LogP contribution in [0.3, 0.4) is 0 Å². The van der Waals surface area contributed by atoms with Crippen molar-refractivity contribution in [2.24, 2.45) is 5.73 Å². The molecule has 8 nitrogen and oxygen atoms in total. The first-order chi connectivity index (χ1) is 16.6. The van der Waals surface area contributed by atoms with E-state index >= 15 is 0 Å². The van der Waals surface area contributed by atoms with Crippen LogP contribution in [0.4, 0.5) is 0 Å². The molecule has 3 rings (SSSR count). The maximum absolute atomic E-state index is 13.3. The van der Waals surface area contributed by atoms with Gasteiger partial charge < -0.3 is 15.8 Å². The molecule has 0 bridgehead atoms. The summed E-state index contributed by atoms with van der Waals surface area (Å²) in [5.41, 5.74) is 7.58. The minimum Gasteiger partial charge on any atom is -0.363 e. The Hall–Kier alpha value is -3.56. The molecule has 0 aliphatic carbocycles. The number of nitrogens with zero attached hydrogens (tertiary/aromatic N) is 2. The molecule has 1 atom stereocenters. The lowest BCUT2D eigenvalue weighted by molar-refractivity contribution is -0.137. The first-order valence-electron chi connectivity index (χ1n) is 11.5. The van der Waals surface area contributed by atoms with E-state index in [1.54, 1.807) is 10.9 Å². The highest BCUT2D eigenvalue weighted by atomic mass is 28.3. The molecule has 184 valence electrons. The number of benzene rings is 2. The quantitative estimate of drug-likeness (QED) is 0.229. The Kier molecular flexibility index (Phi) is 8.72. The molecule has 0 fully saturated rings. The van der Waals surface area contributed by atoms with Crippen LogP contribution in [0.1, 0.15) is 16.1 Å². The van der Waals surface area contributed by atoms with Crippen LogP contribution in [0.2, 0.25) is 25.7 Å². The molecule has 3 N–H and O–H groups in total. The van der Waals surface area contributed by atoms with Crippen LogP contribution in [-0.4, -0.2) is 48.1 Å². The van der Waals surface area contributed by atoms with Crippen LogP contribution in [-0.2, 0) is 27.5 Å². The molecular formula is C26H32N4O4Si. The Morgan fingerprint density at radius 2 is 1.66 bits per heavy atom. The summed E-state index contributed by atoms with van der Waals surface area (Å²) < 4.78 is 7.37. The second-order valence-electron chi connectivity index (χ2n) is 9.59. The fourth-order valence-corrected chi connectivity index (χ4v) is 4.23. The van der Waals surface area contributed by atoms with Crippen molar-refractivity contribution < 1.29 is 19.1 Å². The maximum Gasteiger partial charge on any atom is 0.287 e. The SMILES string of the molecule is C[Si](C)(C)CCOCn1cc(-c2ccccc2)c(C(=O)N[C@@H](Cc2ccccc2)C(=O)C(N)=O)n1. The van der Waals surface area contributed by atoms with Gasteiger partial charge in [0, 0.05) is 32.9 Å². The number of nitrogens with one attached hydrogen (secondary N) is 1. The zero-order chi connectivity index (χ0) is 25.4. The van der Waals surface area contributed by atoms with Gasteiger partial charge in [-0.3, -0.25) is 14.4 Å². The van der Waals surface area contributed by atoms with Crippen LogP contribution < -0.4 is 11.1 Å². The Bertz CT molecular complexity index is 1160. The molecule has 3 aromatic rings. The zero-order valence-corrected chi connectivity index (χ0v) is 21.4. The van der Waals surface area contributed by atoms with Gasteiger partial charge in [0.15, 0.2) is 5.69 Å². The molecule has 1 aromatic heterocycles. The summed E-state index contributed by atoms with van der Waals surface area (Å²) >= 11 is 0. The van der Waals surface area contributed by atoms with Gasteiger partial charge in [-0.05, 0) is 17.2 Å². The lowest BCUT2D eigenvalue weighted by atomic mass is 10.0.